The highest BCUT2D eigenvalue weighted by molar-refractivity contribution is 7.88. The molecule has 1 saturated heterocycles. The molecule has 0 radical (unpaired) electrons. The number of aryl methyl sites for hydroxylation is 1. The summed E-state index contributed by atoms with van der Waals surface area (Å²) in [6.45, 7) is 1.17. The van der Waals surface area contributed by atoms with Crippen LogP contribution in [0.2, 0.25) is 0 Å². The molecule has 1 aliphatic rings. The van der Waals surface area contributed by atoms with E-state index in [2.05, 4.69) is 15.4 Å². The average molecular weight is 377 g/mol. The van der Waals surface area contributed by atoms with Gasteiger partial charge >= 0.3 is 0 Å². The van der Waals surface area contributed by atoms with Gasteiger partial charge in [-0.3, -0.25) is 14.5 Å². The largest absolute Gasteiger partial charge is 0.352 e. The highest BCUT2D eigenvalue weighted by Gasteiger charge is 2.28. The molecule has 26 heavy (non-hydrogen) atoms. The zero-order chi connectivity index (χ0) is 18.7. The zero-order valence-electron chi connectivity index (χ0n) is 14.9. The van der Waals surface area contributed by atoms with Crippen LogP contribution in [0.1, 0.15) is 18.4 Å². The summed E-state index contributed by atoms with van der Waals surface area (Å²) in [5, 5.41) is 7.13. The molecule has 2 aromatic heterocycles. The molecule has 8 nitrogen and oxygen atoms in total. The van der Waals surface area contributed by atoms with Crippen LogP contribution in [0.3, 0.4) is 0 Å². The Kier molecular flexibility index (Phi) is 5.38. The summed E-state index contributed by atoms with van der Waals surface area (Å²) in [5.74, 6) is -0.203. The number of hydrogen-bond donors (Lipinski definition) is 1. The number of piperidine rings is 1. The number of rotatable bonds is 5. The SMILES string of the molecule is Cn1cc(-c2ncccc2CNC(=O)C2CCN(S(C)(=O)=O)CC2)cn1. The van der Waals surface area contributed by atoms with Crippen LogP contribution < -0.4 is 5.32 Å². The van der Waals surface area contributed by atoms with E-state index in [0.717, 1.165) is 16.8 Å². The number of hydrogen-bond acceptors (Lipinski definition) is 5. The Hall–Kier alpha value is -2.26. The molecule has 1 N–H and O–H groups in total. The molecule has 0 aliphatic carbocycles. The minimum Gasteiger partial charge on any atom is -0.352 e. The van der Waals surface area contributed by atoms with E-state index in [1.807, 2.05) is 25.4 Å². The summed E-state index contributed by atoms with van der Waals surface area (Å²) in [6.07, 6.45) is 7.64. The fourth-order valence-corrected chi connectivity index (χ4v) is 4.04. The predicted octanol–water partition coefficient (Wildman–Crippen LogP) is 0.770. The van der Waals surface area contributed by atoms with Crippen molar-refractivity contribution in [2.24, 2.45) is 13.0 Å². The van der Waals surface area contributed by atoms with Crippen molar-refractivity contribution >= 4 is 15.9 Å². The Morgan fingerprint density at radius 3 is 2.69 bits per heavy atom. The van der Waals surface area contributed by atoms with Gasteiger partial charge in [-0.15, -0.1) is 0 Å². The van der Waals surface area contributed by atoms with E-state index >= 15 is 0 Å². The fourth-order valence-electron chi connectivity index (χ4n) is 3.16. The van der Waals surface area contributed by atoms with Crippen LogP contribution in [0, 0.1) is 5.92 Å². The lowest BCUT2D eigenvalue weighted by Crippen LogP contribution is -2.42. The molecule has 2 aromatic rings. The Bertz CT molecular complexity index is 885. The second-order valence-electron chi connectivity index (χ2n) is 6.57. The lowest BCUT2D eigenvalue weighted by atomic mass is 9.97. The maximum atomic E-state index is 12.5. The van der Waals surface area contributed by atoms with Crippen LogP contribution in [-0.4, -0.2) is 52.7 Å². The first kappa shape index (κ1) is 18.5. The molecule has 0 atom stereocenters. The molecule has 1 amide bonds. The van der Waals surface area contributed by atoms with Gasteiger partial charge < -0.3 is 5.32 Å². The van der Waals surface area contributed by atoms with Crippen LogP contribution in [0.25, 0.3) is 11.3 Å². The van der Waals surface area contributed by atoms with Gasteiger partial charge in [0.1, 0.15) is 0 Å². The number of sulfonamides is 1. The number of pyridine rings is 1. The van der Waals surface area contributed by atoms with Gasteiger partial charge in [0, 0.05) is 50.6 Å². The molecule has 0 unspecified atom stereocenters. The Morgan fingerprint density at radius 1 is 1.35 bits per heavy atom. The monoisotopic (exact) mass is 377 g/mol. The van der Waals surface area contributed by atoms with E-state index in [-0.39, 0.29) is 11.8 Å². The predicted molar refractivity (Wildman–Crippen MR) is 97.4 cm³/mol. The number of carbonyl (C=O) groups excluding carboxylic acids is 1. The molecule has 0 bridgehead atoms. The van der Waals surface area contributed by atoms with E-state index in [0.29, 0.717) is 32.5 Å². The molecule has 140 valence electrons. The minimum absolute atomic E-state index is 0.0425. The second-order valence-corrected chi connectivity index (χ2v) is 8.55. The highest BCUT2D eigenvalue weighted by atomic mass is 32.2. The first-order valence-corrected chi connectivity index (χ1v) is 10.3. The van der Waals surface area contributed by atoms with Crippen molar-refractivity contribution in [2.45, 2.75) is 19.4 Å². The van der Waals surface area contributed by atoms with E-state index in [9.17, 15) is 13.2 Å². The Labute approximate surface area is 153 Å². The number of aromatic nitrogens is 3. The molecular formula is C17H23N5O3S. The van der Waals surface area contributed by atoms with Crippen LogP contribution >= 0.6 is 0 Å². The Balaban J connectivity index is 1.61. The van der Waals surface area contributed by atoms with Gasteiger partial charge in [-0.25, -0.2) is 12.7 Å². The molecule has 9 heteroatoms. The zero-order valence-corrected chi connectivity index (χ0v) is 15.7. The van der Waals surface area contributed by atoms with Crippen molar-refractivity contribution in [3.8, 4) is 11.3 Å². The first-order chi connectivity index (χ1) is 12.3. The van der Waals surface area contributed by atoms with Gasteiger partial charge in [0.15, 0.2) is 0 Å². The van der Waals surface area contributed by atoms with Gasteiger partial charge in [0.05, 0.1) is 18.1 Å². The van der Waals surface area contributed by atoms with Gasteiger partial charge in [0.2, 0.25) is 15.9 Å². The highest BCUT2D eigenvalue weighted by Crippen LogP contribution is 2.22. The minimum atomic E-state index is -3.18. The fraction of sp³-hybridized carbons (Fsp3) is 0.471. The summed E-state index contributed by atoms with van der Waals surface area (Å²) in [4.78, 5) is 16.9. The molecule has 0 aromatic carbocycles. The third kappa shape index (κ3) is 4.28. The molecule has 0 spiro atoms. The van der Waals surface area contributed by atoms with Crippen LogP contribution in [0.4, 0.5) is 0 Å². The topological polar surface area (TPSA) is 97.2 Å². The molecule has 3 rings (SSSR count). The van der Waals surface area contributed by atoms with Gasteiger partial charge in [-0.05, 0) is 24.5 Å². The van der Waals surface area contributed by atoms with E-state index in [4.69, 9.17) is 0 Å². The van der Waals surface area contributed by atoms with E-state index < -0.39 is 10.0 Å². The molecule has 1 aliphatic heterocycles. The summed E-state index contributed by atoms with van der Waals surface area (Å²) < 4.78 is 26.3. The normalized spacial score (nSPS) is 16.5. The lowest BCUT2D eigenvalue weighted by Gasteiger charge is -2.29. The lowest BCUT2D eigenvalue weighted by molar-refractivity contribution is -0.126. The molecule has 3 heterocycles. The number of amides is 1. The van der Waals surface area contributed by atoms with E-state index in [1.54, 1.807) is 17.1 Å². The number of nitrogens with one attached hydrogen (secondary N) is 1. The van der Waals surface area contributed by atoms with Crippen LogP contribution in [0.15, 0.2) is 30.7 Å². The Morgan fingerprint density at radius 2 is 2.08 bits per heavy atom. The summed E-state index contributed by atoms with van der Waals surface area (Å²) in [5.41, 5.74) is 2.62. The van der Waals surface area contributed by atoms with Crippen molar-refractivity contribution in [3.05, 3.63) is 36.3 Å². The van der Waals surface area contributed by atoms with Gasteiger partial charge in [0.25, 0.3) is 0 Å². The van der Waals surface area contributed by atoms with Gasteiger partial charge in [-0.2, -0.15) is 5.10 Å². The average Bonchev–Trinajstić information content (AvgIpc) is 3.05. The van der Waals surface area contributed by atoms with Crippen molar-refractivity contribution < 1.29 is 13.2 Å². The summed E-state index contributed by atoms with van der Waals surface area (Å²) >= 11 is 0. The van der Waals surface area contributed by atoms with Crippen LogP contribution in [-0.2, 0) is 28.4 Å². The third-order valence-corrected chi connectivity index (χ3v) is 5.92. The summed E-state index contributed by atoms with van der Waals surface area (Å²) in [6, 6.07) is 3.77. The van der Waals surface area contributed by atoms with Gasteiger partial charge in [-0.1, -0.05) is 6.07 Å². The van der Waals surface area contributed by atoms with Crippen molar-refractivity contribution in [1.82, 2.24) is 24.4 Å². The maximum absolute atomic E-state index is 12.5. The molecular weight excluding hydrogens is 354 g/mol. The summed E-state index contributed by atoms with van der Waals surface area (Å²) in [7, 11) is -1.34. The first-order valence-electron chi connectivity index (χ1n) is 8.50. The second kappa shape index (κ2) is 7.55. The van der Waals surface area contributed by atoms with Crippen molar-refractivity contribution in [3.63, 3.8) is 0 Å². The van der Waals surface area contributed by atoms with Crippen molar-refractivity contribution in [1.29, 1.82) is 0 Å². The quantitative estimate of drug-likeness (QED) is 0.830. The molecule has 0 saturated carbocycles. The molecule has 1 fully saturated rings. The van der Waals surface area contributed by atoms with E-state index in [1.165, 1.54) is 10.6 Å². The standard InChI is InChI=1S/C17H23N5O3S/c1-21-12-15(11-20-21)16-14(4-3-7-18-16)10-19-17(23)13-5-8-22(9-6-13)26(2,24)25/h3-4,7,11-13H,5-6,8-10H2,1-2H3,(H,19,23). The third-order valence-electron chi connectivity index (χ3n) is 4.62. The maximum Gasteiger partial charge on any atom is 0.223 e. The smallest absolute Gasteiger partial charge is 0.223 e. The van der Waals surface area contributed by atoms with Crippen LogP contribution in [0.5, 0.6) is 0 Å². The number of nitrogens with zero attached hydrogens (tertiary/aromatic N) is 4. The van der Waals surface area contributed by atoms with Crippen molar-refractivity contribution in [2.75, 3.05) is 19.3 Å². The number of carbonyl (C=O) groups is 1.